The first kappa shape index (κ1) is 29.5. The van der Waals surface area contributed by atoms with Crippen molar-refractivity contribution in [1.82, 2.24) is 0 Å². The molecule has 5 aromatic rings. The molecule has 0 radical (unpaired) electrons. The largest absolute Gasteiger partial charge is 0.457 e. The van der Waals surface area contributed by atoms with E-state index in [2.05, 4.69) is 0 Å². The molecule has 0 fully saturated rings. The fourth-order valence-corrected chi connectivity index (χ4v) is 4.09. The second-order valence-corrected chi connectivity index (χ2v) is 9.50. The monoisotopic (exact) mass is 586 g/mol. The minimum absolute atomic E-state index is 0.00930. The molecule has 0 atom stereocenters. The normalized spacial score (nSPS) is 10.4. The number of hydrogen-bond acceptors (Lipinski definition) is 8. The highest BCUT2D eigenvalue weighted by Gasteiger charge is 2.21. The summed E-state index contributed by atoms with van der Waals surface area (Å²) in [6.07, 6.45) is 0. The number of carbonyl (C=O) groups excluding carboxylic acids is 4. The Hall–Kier alpha value is -6.02. The van der Waals surface area contributed by atoms with Crippen LogP contribution in [0.1, 0.15) is 52.6 Å². The first-order valence-corrected chi connectivity index (χ1v) is 13.6. The third-order valence-corrected chi connectivity index (χ3v) is 6.39. The van der Waals surface area contributed by atoms with E-state index >= 15 is 0 Å². The Labute approximate surface area is 253 Å². The van der Waals surface area contributed by atoms with Crippen LogP contribution >= 0.6 is 0 Å². The minimum atomic E-state index is -0.784. The van der Waals surface area contributed by atoms with Crippen LogP contribution in [0.3, 0.4) is 0 Å². The van der Waals surface area contributed by atoms with E-state index in [4.69, 9.17) is 18.9 Å². The molecule has 0 aliphatic rings. The summed E-state index contributed by atoms with van der Waals surface area (Å²) in [6.45, 7) is 0.267. The van der Waals surface area contributed by atoms with Crippen LogP contribution in [0.15, 0.2) is 133 Å². The van der Waals surface area contributed by atoms with Crippen molar-refractivity contribution in [2.45, 2.75) is 13.2 Å². The second kappa shape index (κ2) is 14.2. The summed E-state index contributed by atoms with van der Waals surface area (Å²) in [7, 11) is 0. The van der Waals surface area contributed by atoms with E-state index in [1.54, 1.807) is 12.1 Å². The van der Waals surface area contributed by atoms with Crippen LogP contribution in [0.5, 0.6) is 11.5 Å². The molecule has 0 N–H and O–H groups in total. The average molecular weight is 587 g/mol. The van der Waals surface area contributed by atoms with Gasteiger partial charge in [-0.05, 0) is 71.8 Å². The Balaban J connectivity index is 1.17. The topological polar surface area (TPSA) is 105 Å². The maximum atomic E-state index is 13.0. The lowest BCUT2D eigenvalue weighted by Gasteiger charge is -2.10. The molecule has 0 aromatic heterocycles. The van der Waals surface area contributed by atoms with E-state index in [-0.39, 0.29) is 35.8 Å². The van der Waals surface area contributed by atoms with Crippen LogP contribution in [-0.4, -0.2) is 23.9 Å². The fraction of sp³-hybridized carbons (Fsp3) is 0.0556. The summed E-state index contributed by atoms with van der Waals surface area (Å²) >= 11 is 0. The Morgan fingerprint density at radius 2 is 0.727 bits per heavy atom. The van der Waals surface area contributed by atoms with Gasteiger partial charge in [-0.2, -0.15) is 0 Å². The molecule has 218 valence electrons. The molecule has 0 unspecified atom stereocenters. The maximum Gasteiger partial charge on any atom is 0.344 e. The van der Waals surface area contributed by atoms with Gasteiger partial charge in [-0.1, -0.05) is 72.8 Å². The molecule has 5 aromatic carbocycles. The summed E-state index contributed by atoms with van der Waals surface area (Å²) in [4.78, 5) is 50.7. The predicted octanol–water partition coefficient (Wildman–Crippen LogP) is 6.84. The summed E-state index contributed by atoms with van der Waals surface area (Å²) in [5.74, 6) is -2.25. The molecule has 0 saturated heterocycles. The van der Waals surface area contributed by atoms with Crippen molar-refractivity contribution < 1.29 is 38.1 Å². The van der Waals surface area contributed by atoms with Crippen molar-refractivity contribution in [2.24, 2.45) is 0 Å². The molecule has 0 aliphatic heterocycles. The Bertz CT molecular complexity index is 1610. The van der Waals surface area contributed by atoms with Crippen molar-refractivity contribution in [1.29, 1.82) is 0 Å². The lowest BCUT2D eigenvalue weighted by Crippen LogP contribution is -2.17. The Morgan fingerprint density at radius 3 is 1.09 bits per heavy atom. The zero-order chi connectivity index (χ0) is 30.7. The highest BCUT2D eigenvalue weighted by molar-refractivity contribution is 6.04. The summed E-state index contributed by atoms with van der Waals surface area (Å²) < 4.78 is 21.5. The van der Waals surface area contributed by atoms with E-state index < -0.39 is 23.9 Å². The molecule has 44 heavy (non-hydrogen) atoms. The molecular weight excluding hydrogens is 560 g/mol. The van der Waals surface area contributed by atoms with Crippen molar-refractivity contribution in [3.63, 3.8) is 0 Å². The van der Waals surface area contributed by atoms with E-state index in [1.165, 1.54) is 60.7 Å². The van der Waals surface area contributed by atoms with Gasteiger partial charge >= 0.3 is 23.9 Å². The van der Waals surface area contributed by atoms with Gasteiger partial charge in [0.05, 0.1) is 22.3 Å². The average Bonchev–Trinajstić information content (AvgIpc) is 3.07. The molecular formula is C36H26O8. The van der Waals surface area contributed by atoms with Crippen LogP contribution in [0, 0.1) is 0 Å². The summed E-state index contributed by atoms with van der Waals surface area (Å²) in [5.41, 5.74) is 2.29. The summed E-state index contributed by atoms with van der Waals surface area (Å²) in [5, 5.41) is 0. The predicted molar refractivity (Wildman–Crippen MR) is 160 cm³/mol. The van der Waals surface area contributed by atoms with E-state index in [9.17, 15) is 19.2 Å². The van der Waals surface area contributed by atoms with Gasteiger partial charge < -0.3 is 18.9 Å². The van der Waals surface area contributed by atoms with E-state index in [0.29, 0.717) is 11.1 Å². The van der Waals surface area contributed by atoms with Crippen LogP contribution in [-0.2, 0) is 22.7 Å². The summed E-state index contributed by atoms with van der Waals surface area (Å²) in [6, 6.07) is 36.4. The van der Waals surface area contributed by atoms with E-state index in [0.717, 1.165) is 11.1 Å². The van der Waals surface area contributed by atoms with Crippen LogP contribution < -0.4 is 9.47 Å². The zero-order valence-corrected chi connectivity index (χ0v) is 23.4. The Morgan fingerprint density at radius 1 is 0.386 bits per heavy atom. The number of ether oxygens (including phenoxy) is 4. The highest BCUT2D eigenvalue weighted by Crippen LogP contribution is 2.20. The van der Waals surface area contributed by atoms with Crippen LogP contribution in [0.4, 0.5) is 0 Å². The van der Waals surface area contributed by atoms with Gasteiger partial charge in [0, 0.05) is 0 Å². The number of esters is 4. The van der Waals surface area contributed by atoms with Crippen molar-refractivity contribution in [3.05, 3.63) is 167 Å². The number of benzene rings is 5. The highest BCUT2D eigenvalue weighted by atomic mass is 16.5. The van der Waals surface area contributed by atoms with Gasteiger partial charge in [-0.15, -0.1) is 0 Å². The fourth-order valence-electron chi connectivity index (χ4n) is 4.09. The van der Waals surface area contributed by atoms with Crippen molar-refractivity contribution >= 4 is 23.9 Å². The lowest BCUT2D eigenvalue weighted by molar-refractivity contribution is 0.0464. The molecule has 0 amide bonds. The molecule has 8 heteroatoms. The third-order valence-electron chi connectivity index (χ3n) is 6.39. The Kier molecular flexibility index (Phi) is 9.54. The van der Waals surface area contributed by atoms with Crippen LogP contribution in [0.25, 0.3) is 0 Å². The van der Waals surface area contributed by atoms with Crippen molar-refractivity contribution in [3.8, 4) is 11.5 Å². The van der Waals surface area contributed by atoms with Gasteiger partial charge in [-0.25, -0.2) is 19.2 Å². The quantitative estimate of drug-likeness (QED) is 0.129. The van der Waals surface area contributed by atoms with Crippen LogP contribution in [0.2, 0.25) is 0 Å². The number of hydrogen-bond donors (Lipinski definition) is 0. The molecule has 0 bridgehead atoms. The lowest BCUT2D eigenvalue weighted by atomic mass is 10.1. The SMILES string of the molecule is O=C(OCc1ccccc1)c1ccc(OC(=O)c2ccccc2C(=O)Oc2ccc(C(=O)OCc3ccccc3)cc2)cc1. The maximum absolute atomic E-state index is 13.0. The number of rotatable bonds is 10. The molecule has 0 aliphatic carbocycles. The molecule has 0 spiro atoms. The van der Waals surface area contributed by atoms with Gasteiger partial charge in [0.2, 0.25) is 0 Å². The van der Waals surface area contributed by atoms with Gasteiger partial charge in [0.25, 0.3) is 0 Å². The molecule has 0 heterocycles. The smallest absolute Gasteiger partial charge is 0.344 e. The third kappa shape index (κ3) is 7.83. The van der Waals surface area contributed by atoms with Crippen molar-refractivity contribution in [2.75, 3.05) is 0 Å². The van der Waals surface area contributed by atoms with Gasteiger partial charge in [0.15, 0.2) is 0 Å². The van der Waals surface area contributed by atoms with Gasteiger partial charge in [0.1, 0.15) is 24.7 Å². The standard InChI is InChI=1S/C36H26O8/c37-33(41-23-25-9-3-1-4-10-25)27-15-19-29(20-16-27)43-35(39)31-13-7-8-14-32(31)36(40)44-30-21-17-28(18-22-30)34(38)42-24-26-11-5-2-6-12-26/h1-22H,23-24H2. The minimum Gasteiger partial charge on any atom is -0.457 e. The molecule has 0 saturated carbocycles. The first-order valence-electron chi connectivity index (χ1n) is 13.6. The molecule has 5 rings (SSSR count). The second-order valence-electron chi connectivity index (χ2n) is 9.50. The zero-order valence-electron chi connectivity index (χ0n) is 23.4. The van der Waals surface area contributed by atoms with E-state index in [1.807, 2.05) is 60.7 Å². The van der Waals surface area contributed by atoms with Gasteiger partial charge in [-0.3, -0.25) is 0 Å². The number of carbonyl (C=O) groups is 4. The molecule has 8 nitrogen and oxygen atoms in total. The first-order chi connectivity index (χ1) is 21.5.